The van der Waals surface area contributed by atoms with Crippen LogP contribution in [0.1, 0.15) is 85.5 Å². The number of rotatable bonds is 8. The van der Waals surface area contributed by atoms with Gasteiger partial charge in [0.05, 0.1) is 11.7 Å². The van der Waals surface area contributed by atoms with Crippen molar-refractivity contribution < 1.29 is 41.7 Å². The first-order chi connectivity index (χ1) is 14.8. The highest BCUT2D eigenvalue weighted by Crippen LogP contribution is 2.62. The third-order valence-electron chi connectivity index (χ3n) is 8.27. The predicted molar refractivity (Wildman–Crippen MR) is 113 cm³/mol. The van der Waals surface area contributed by atoms with E-state index in [2.05, 4.69) is 6.92 Å². The van der Waals surface area contributed by atoms with Gasteiger partial charge in [0.1, 0.15) is 0 Å². The summed E-state index contributed by atoms with van der Waals surface area (Å²) in [4.78, 5) is 0. The van der Waals surface area contributed by atoms with Gasteiger partial charge in [-0.05, 0) is 87.5 Å². The predicted octanol–water partition coefficient (Wildman–Crippen LogP) is 6.31. The van der Waals surface area contributed by atoms with E-state index in [0.717, 1.165) is 31.8 Å². The smallest absolute Gasteiger partial charge is 0.393 e. The third-order valence-corrected chi connectivity index (χ3v) is 8.27. The summed E-state index contributed by atoms with van der Waals surface area (Å²) >= 11 is 0. The Bertz CT molecular complexity index is 682. The SMILES string of the molecule is CC(C)(O)CCC[C@](C)(C/C=C\C(O)(C(F)(F)F)C(F)(F)F)[C@H]1CCC2[C@@H](O)CCC[C@@]21C. The van der Waals surface area contributed by atoms with Crippen LogP contribution in [0.5, 0.6) is 0 Å². The molecule has 0 heterocycles. The Morgan fingerprint density at radius 2 is 1.48 bits per heavy atom. The normalized spacial score (nSPS) is 31.6. The molecule has 2 fully saturated rings. The number of fused-ring (bicyclic) bond motifs is 1. The van der Waals surface area contributed by atoms with Crippen molar-refractivity contribution in [3.05, 3.63) is 12.2 Å². The van der Waals surface area contributed by atoms with Crippen molar-refractivity contribution >= 4 is 0 Å². The maximum atomic E-state index is 13.1. The number of allylic oxidation sites excluding steroid dienone is 1. The molecule has 0 aromatic heterocycles. The lowest BCUT2D eigenvalue weighted by Crippen LogP contribution is -2.55. The van der Waals surface area contributed by atoms with Gasteiger partial charge in [-0.3, -0.25) is 0 Å². The van der Waals surface area contributed by atoms with Gasteiger partial charge >= 0.3 is 12.4 Å². The molecule has 0 aromatic rings. The van der Waals surface area contributed by atoms with Crippen molar-refractivity contribution in [1.29, 1.82) is 0 Å². The summed E-state index contributed by atoms with van der Waals surface area (Å²) in [5, 5.41) is 30.1. The third kappa shape index (κ3) is 5.89. The summed E-state index contributed by atoms with van der Waals surface area (Å²) in [5.41, 5.74) is -6.76. The minimum atomic E-state index is -5.89. The zero-order valence-corrected chi connectivity index (χ0v) is 19.9. The summed E-state index contributed by atoms with van der Waals surface area (Å²) in [5.74, 6) is 0.0393. The highest BCUT2D eigenvalue weighted by atomic mass is 19.4. The first-order valence-corrected chi connectivity index (χ1v) is 11.7. The molecule has 1 unspecified atom stereocenters. The van der Waals surface area contributed by atoms with Crippen molar-refractivity contribution in [2.75, 3.05) is 0 Å². The highest BCUT2D eigenvalue weighted by molar-refractivity contribution is 5.13. The van der Waals surface area contributed by atoms with Crippen LogP contribution in [0, 0.1) is 22.7 Å². The van der Waals surface area contributed by atoms with Crippen molar-refractivity contribution in [2.24, 2.45) is 22.7 Å². The maximum absolute atomic E-state index is 13.1. The second kappa shape index (κ2) is 9.34. The molecule has 33 heavy (non-hydrogen) atoms. The number of alkyl halides is 6. The monoisotopic (exact) mass is 488 g/mol. The maximum Gasteiger partial charge on any atom is 0.429 e. The summed E-state index contributed by atoms with van der Waals surface area (Å²) in [6.45, 7) is 7.27. The Morgan fingerprint density at radius 1 is 0.909 bits per heavy atom. The second-order valence-corrected chi connectivity index (χ2v) is 11.4. The van der Waals surface area contributed by atoms with Crippen LogP contribution in [-0.2, 0) is 0 Å². The molecule has 0 aromatic carbocycles. The van der Waals surface area contributed by atoms with Gasteiger partial charge in [0, 0.05) is 0 Å². The molecule has 2 saturated carbocycles. The fourth-order valence-electron chi connectivity index (χ4n) is 6.49. The highest BCUT2D eigenvalue weighted by Gasteiger charge is 2.69. The van der Waals surface area contributed by atoms with E-state index in [1.54, 1.807) is 13.8 Å². The van der Waals surface area contributed by atoms with E-state index in [1.165, 1.54) is 0 Å². The molecule has 2 aliphatic carbocycles. The first kappa shape index (κ1) is 28.4. The van der Waals surface area contributed by atoms with Gasteiger partial charge in [-0.1, -0.05) is 32.8 Å². The lowest BCUT2D eigenvalue weighted by atomic mass is 9.56. The fraction of sp³-hybridized carbons (Fsp3) is 0.917. The van der Waals surface area contributed by atoms with Gasteiger partial charge in [-0.15, -0.1) is 0 Å². The summed E-state index contributed by atoms with van der Waals surface area (Å²) in [6.07, 6.45) is -6.29. The Balaban J connectivity index is 2.35. The molecule has 0 radical (unpaired) electrons. The zero-order chi connectivity index (χ0) is 25.5. The van der Waals surface area contributed by atoms with E-state index in [0.29, 0.717) is 25.7 Å². The molecule has 0 amide bonds. The standard InChI is InChI=1S/C24H38F6O3/c1-19(2,32)11-6-12-20(3,13-7-15-22(33,23(25,26)27)24(28,29)30)18-10-9-16-17(31)8-5-14-21(16,18)4/h7,15-18,31-33H,5-6,8-14H2,1-4H3/b15-7-/t16?,17-,18+,20+,21-/m0/s1. The molecule has 0 bridgehead atoms. The van der Waals surface area contributed by atoms with E-state index in [1.807, 2.05) is 6.92 Å². The Labute approximate surface area is 192 Å². The van der Waals surface area contributed by atoms with Crippen molar-refractivity contribution in [1.82, 2.24) is 0 Å². The molecule has 0 aliphatic heterocycles. The lowest BCUT2D eigenvalue weighted by Gasteiger charge is -2.50. The molecule has 2 rings (SSSR count). The van der Waals surface area contributed by atoms with Gasteiger partial charge in [-0.2, -0.15) is 26.3 Å². The Kier molecular flexibility index (Phi) is 8.05. The summed E-state index contributed by atoms with van der Waals surface area (Å²) in [6, 6.07) is 0. The molecule has 0 saturated heterocycles. The van der Waals surface area contributed by atoms with Crippen LogP contribution < -0.4 is 0 Å². The average Bonchev–Trinajstić information content (AvgIpc) is 2.97. The van der Waals surface area contributed by atoms with Gasteiger partial charge in [0.15, 0.2) is 0 Å². The summed E-state index contributed by atoms with van der Waals surface area (Å²) in [7, 11) is 0. The Hall–Kier alpha value is -0.800. The molecule has 2 aliphatic rings. The first-order valence-electron chi connectivity index (χ1n) is 11.7. The number of halogens is 6. The molecule has 0 spiro atoms. The van der Waals surface area contributed by atoms with Crippen LogP contribution in [0.25, 0.3) is 0 Å². The van der Waals surface area contributed by atoms with Gasteiger partial charge in [0.2, 0.25) is 0 Å². The molecule has 9 heteroatoms. The molecule has 3 nitrogen and oxygen atoms in total. The lowest BCUT2D eigenvalue weighted by molar-refractivity contribution is -0.347. The quantitative estimate of drug-likeness (QED) is 0.277. The minimum Gasteiger partial charge on any atom is -0.393 e. The van der Waals surface area contributed by atoms with Crippen LogP contribution in [0.4, 0.5) is 26.3 Å². The van der Waals surface area contributed by atoms with E-state index in [-0.39, 0.29) is 29.7 Å². The molecular formula is C24H38F6O3. The van der Waals surface area contributed by atoms with Gasteiger partial charge in [-0.25, -0.2) is 0 Å². The van der Waals surface area contributed by atoms with Crippen molar-refractivity contribution in [3.8, 4) is 0 Å². The van der Waals surface area contributed by atoms with E-state index < -0.39 is 35.1 Å². The minimum absolute atomic E-state index is 0.0127. The summed E-state index contributed by atoms with van der Waals surface area (Å²) < 4.78 is 78.6. The van der Waals surface area contributed by atoms with E-state index in [4.69, 9.17) is 0 Å². The van der Waals surface area contributed by atoms with Crippen molar-refractivity contribution in [2.45, 2.75) is 115 Å². The zero-order valence-electron chi connectivity index (χ0n) is 19.9. The van der Waals surface area contributed by atoms with Gasteiger partial charge < -0.3 is 15.3 Å². The second-order valence-electron chi connectivity index (χ2n) is 11.4. The average molecular weight is 489 g/mol. The number of aliphatic hydroxyl groups excluding tert-OH is 1. The Morgan fingerprint density at radius 3 is 2.00 bits per heavy atom. The number of hydrogen-bond donors (Lipinski definition) is 3. The van der Waals surface area contributed by atoms with E-state index in [9.17, 15) is 41.7 Å². The molecular weight excluding hydrogens is 450 g/mol. The van der Waals surface area contributed by atoms with Crippen LogP contribution in [0.2, 0.25) is 0 Å². The largest absolute Gasteiger partial charge is 0.429 e. The van der Waals surface area contributed by atoms with Crippen LogP contribution in [0.3, 0.4) is 0 Å². The van der Waals surface area contributed by atoms with Crippen LogP contribution in [0.15, 0.2) is 12.2 Å². The number of aliphatic hydroxyl groups is 3. The fourth-order valence-corrected chi connectivity index (χ4v) is 6.49. The van der Waals surface area contributed by atoms with Gasteiger partial charge in [0.25, 0.3) is 5.60 Å². The molecule has 194 valence electrons. The van der Waals surface area contributed by atoms with E-state index >= 15 is 0 Å². The molecule has 3 N–H and O–H groups in total. The topological polar surface area (TPSA) is 60.7 Å². The van der Waals surface area contributed by atoms with Crippen molar-refractivity contribution in [3.63, 3.8) is 0 Å². The van der Waals surface area contributed by atoms with Crippen LogP contribution >= 0.6 is 0 Å². The van der Waals surface area contributed by atoms with Crippen LogP contribution in [-0.4, -0.2) is 45.0 Å². The molecule has 5 atom stereocenters. The number of hydrogen-bond acceptors (Lipinski definition) is 3.